The maximum atomic E-state index is 7.07. The van der Waals surface area contributed by atoms with Gasteiger partial charge in [-0.15, -0.1) is 0 Å². The minimum absolute atomic E-state index is 0.171. The van der Waals surface area contributed by atoms with Crippen LogP contribution in [0.3, 0.4) is 0 Å². The molecule has 2 heterocycles. The predicted molar refractivity (Wildman–Crippen MR) is 156 cm³/mol. The Kier molecular flexibility index (Phi) is 5.30. The van der Waals surface area contributed by atoms with Crippen molar-refractivity contribution >= 4 is 0 Å². The van der Waals surface area contributed by atoms with E-state index in [0.29, 0.717) is 34.2 Å². The Labute approximate surface area is 230 Å². The average Bonchev–Trinajstić information content (AvgIpc) is 3.79. The highest BCUT2D eigenvalue weighted by Gasteiger charge is 2.53. The molecule has 2 aromatic rings. The maximum Gasteiger partial charge on any atom is 0.127 e. The van der Waals surface area contributed by atoms with Gasteiger partial charge in [0.05, 0.1) is 6.61 Å². The second-order valence-corrected chi connectivity index (χ2v) is 15.5. The number of ether oxygens (including phenoxy) is 2. The zero-order valence-electron chi connectivity index (χ0n) is 24.9. The van der Waals surface area contributed by atoms with Crippen LogP contribution in [0, 0.1) is 0 Å². The van der Waals surface area contributed by atoms with Crippen LogP contribution in [0.2, 0.25) is 0 Å². The van der Waals surface area contributed by atoms with Crippen LogP contribution < -0.4 is 9.47 Å². The van der Waals surface area contributed by atoms with Crippen molar-refractivity contribution in [2.24, 2.45) is 0 Å². The summed E-state index contributed by atoms with van der Waals surface area (Å²) in [6.45, 7) is 17.7. The molecular formula is C36H48O2. The van der Waals surface area contributed by atoms with E-state index in [9.17, 15) is 0 Å². The van der Waals surface area contributed by atoms with Crippen LogP contribution in [0.4, 0.5) is 0 Å². The number of benzene rings is 2. The summed E-state index contributed by atoms with van der Waals surface area (Å²) in [6, 6.07) is 10.1. The van der Waals surface area contributed by atoms with Crippen LogP contribution in [-0.4, -0.2) is 12.7 Å². The Morgan fingerprint density at radius 1 is 0.711 bits per heavy atom. The van der Waals surface area contributed by atoms with E-state index in [-0.39, 0.29) is 5.41 Å². The standard InChI is InChI=1S/C36H48O2/c1-22(2)24-17-29(35(7)10-11-35)32-30(18-24)36(12-13-36)21-26(38-32)16-23(3)25-19-27-31(37-15-14-33(27,4)5)28(20-25)34(6)8-9-34/h17-20,22-23,26H,8-16,21H2,1-7H3. The first kappa shape index (κ1) is 25.0. The van der Waals surface area contributed by atoms with Gasteiger partial charge < -0.3 is 9.47 Å². The Hall–Kier alpha value is -1.96. The monoisotopic (exact) mass is 512 g/mol. The molecule has 2 unspecified atom stereocenters. The lowest BCUT2D eigenvalue weighted by atomic mass is 9.75. The molecule has 5 aliphatic rings. The van der Waals surface area contributed by atoms with Crippen LogP contribution >= 0.6 is 0 Å². The molecule has 0 N–H and O–H groups in total. The van der Waals surface area contributed by atoms with Crippen LogP contribution in [0.5, 0.6) is 11.5 Å². The van der Waals surface area contributed by atoms with Crippen molar-refractivity contribution in [2.75, 3.05) is 6.61 Å². The van der Waals surface area contributed by atoms with Crippen molar-refractivity contribution in [1.29, 1.82) is 0 Å². The van der Waals surface area contributed by atoms with E-state index in [4.69, 9.17) is 9.47 Å². The SMILES string of the molecule is CC(C)c1cc(C2(C)CC2)c2c(c1)C1(CC1)CC(CC(C)c1cc3c(c(C4(C)CC4)c1)OCCC3(C)C)O2. The highest BCUT2D eigenvalue weighted by molar-refractivity contribution is 5.57. The molecular weight excluding hydrogens is 464 g/mol. The fraction of sp³-hybridized carbons (Fsp3) is 0.667. The van der Waals surface area contributed by atoms with Gasteiger partial charge in [0.1, 0.15) is 17.6 Å². The van der Waals surface area contributed by atoms with Gasteiger partial charge >= 0.3 is 0 Å². The minimum atomic E-state index is 0.171. The zero-order chi connectivity index (χ0) is 26.7. The Morgan fingerprint density at radius 3 is 1.89 bits per heavy atom. The third-order valence-corrected chi connectivity index (χ3v) is 11.4. The molecule has 2 heteroatoms. The van der Waals surface area contributed by atoms with E-state index >= 15 is 0 Å². The molecule has 2 aliphatic heterocycles. The molecule has 0 amide bonds. The van der Waals surface area contributed by atoms with Crippen LogP contribution in [0.1, 0.15) is 151 Å². The first-order chi connectivity index (χ1) is 17.9. The number of fused-ring (bicyclic) bond motifs is 3. The molecule has 0 bridgehead atoms. The van der Waals surface area contributed by atoms with Gasteiger partial charge in [-0.1, -0.05) is 72.7 Å². The fourth-order valence-corrected chi connectivity index (χ4v) is 7.49. The lowest BCUT2D eigenvalue weighted by Gasteiger charge is -2.38. The molecule has 3 fully saturated rings. The third-order valence-electron chi connectivity index (χ3n) is 11.4. The topological polar surface area (TPSA) is 18.5 Å². The van der Waals surface area contributed by atoms with Crippen molar-refractivity contribution in [3.63, 3.8) is 0 Å². The molecule has 7 rings (SSSR count). The van der Waals surface area contributed by atoms with Gasteiger partial charge in [0.2, 0.25) is 0 Å². The summed E-state index contributed by atoms with van der Waals surface area (Å²) in [6.07, 6.45) is 11.5. The highest BCUT2D eigenvalue weighted by Crippen LogP contribution is 2.62. The van der Waals surface area contributed by atoms with Crippen molar-refractivity contribution in [1.82, 2.24) is 0 Å². The Morgan fingerprint density at radius 2 is 1.29 bits per heavy atom. The average molecular weight is 513 g/mol. The maximum absolute atomic E-state index is 7.07. The van der Waals surface area contributed by atoms with E-state index in [0.717, 1.165) is 19.4 Å². The Balaban J connectivity index is 1.22. The van der Waals surface area contributed by atoms with Crippen LogP contribution in [0.15, 0.2) is 24.3 Å². The van der Waals surface area contributed by atoms with E-state index in [1.165, 1.54) is 84.3 Å². The summed E-state index contributed by atoms with van der Waals surface area (Å²) in [5.74, 6) is 3.52. The molecule has 0 radical (unpaired) electrons. The van der Waals surface area contributed by atoms with E-state index < -0.39 is 0 Å². The normalized spacial score (nSPS) is 27.1. The van der Waals surface area contributed by atoms with Crippen LogP contribution in [-0.2, 0) is 21.7 Å². The predicted octanol–water partition coefficient (Wildman–Crippen LogP) is 9.35. The Bertz CT molecular complexity index is 1250. The van der Waals surface area contributed by atoms with E-state index in [1.54, 1.807) is 5.56 Å². The number of hydrogen-bond acceptors (Lipinski definition) is 2. The van der Waals surface area contributed by atoms with E-state index in [1.807, 2.05) is 0 Å². The van der Waals surface area contributed by atoms with Gasteiger partial charge in [0, 0.05) is 27.7 Å². The molecule has 0 saturated heterocycles. The number of rotatable bonds is 6. The lowest BCUT2D eigenvalue weighted by Crippen LogP contribution is -2.32. The molecule has 2 nitrogen and oxygen atoms in total. The summed E-state index contributed by atoms with van der Waals surface area (Å²) >= 11 is 0. The summed E-state index contributed by atoms with van der Waals surface area (Å²) < 4.78 is 13.4. The lowest BCUT2D eigenvalue weighted by molar-refractivity contribution is 0.134. The zero-order valence-corrected chi connectivity index (χ0v) is 24.9. The smallest absolute Gasteiger partial charge is 0.127 e. The molecule has 3 saturated carbocycles. The molecule has 3 aliphatic carbocycles. The van der Waals surface area contributed by atoms with Gasteiger partial charge in [0.25, 0.3) is 0 Å². The van der Waals surface area contributed by atoms with Crippen molar-refractivity contribution < 1.29 is 9.47 Å². The molecule has 0 aromatic heterocycles. The van der Waals surface area contributed by atoms with Crippen molar-refractivity contribution in [2.45, 2.75) is 146 Å². The van der Waals surface area contributed by atoms with Gasteiger partial charge in [0.15, 0.2) is 0 Å². The van der Waals surface area contributed by atoms with E-state index in [2.05, 4.69) is 72.7 Å². The summed E-state index contributed by atoms with van der Waals surface area (Å²) in [4.78, 5) is 0. The minimum Gasteiger partial charge on any atom is -0.493 e. The second kappa shape index (κ2) is 8.05. The second-order valence-electron chi connectivity index (χ2n) is 15.5. The van der Waals surface area contributed by atoms with Crippen LogP contribution in [0.25, 0.3) is 0 Å². The first-order valence-electron chi connectivity index (χ1n) is 15.6. The highest BCUT2D eigenvalue weighted by atomic mass is 16.5. The molecule has 204 valence electrons. The molecule has 1 spiro atoms. The first-order valence-corrected chi connectivity index (χ1v) is 15.6. The molecule has 2 atom stereocenters. The number of hydrogen-bond donors (Lipinski definition) is 0. The molecule has 38 heavy (non-hydrogen) atoms. The fourth-order valence-electron chi connectivity index (χ4n) is 7.49. The van der Waals surface area contributed by atoms with Gasteiger partial charge in [-0.2, -0.15) is 0 Å². The summed E-state index contributed by atoms with van der Waals surface area (Å²) in [5, 5.41) is 0. The quantitative estimate of drug-likeness (QED) is 0.384. The molecule has 2 aromatic carbocycles. The van der Waals surface area contributed by atoms with Gasteiger partial charge in [-0.3, -0.25) is 0 Å². The van der Waals surface area contributed by atoms with Gasteiger partial charge in [-0.05, 0) is 97.0 Å². The third kappa shape index (κ3) is 3.95. The largest absolute Gasteiger partial charge is 0.493 e. The summed E-state index contributed by atoms with van der Waals surface area (Å²) in [7, 11) is 0. The van der Waals surface area contributed by atoms with Gasteiger partial charge in [-0.25, -0.2) is 0 Å². The van der Waals surface area contributed by atoms with Crippen molar-refractivity contribution in [3.05, 3.63) is 57.6 Å². The summed E-state index contributed by atoms with van der Waals surface area (Å²) in [5.41, 5.74) is 10.1. The van der Waals surface area contributed by atoms with Crippen molar-refractivity contribution in [3.8, 4) is 11.5 Å².